The normalized spacial score (nSPS) is 11.2. The fraction of sp³-hybridized carbons (Fsp3) is 0.625. The Morgan fingerprint density at radius 3 is 0.796 bits per heavy atom. The van der Waals surface area contributed by atoms with Gasteiger partial charge in [0.1, 0.15) is 0 Å². The van der Waals surface area contributed by atoms with E-state index in [4.69, 9.17) is 46.7 Å². The summed E-state index contributed by atoms with van der Waals surface area (Å²) in [5, 5.41) is 1.70. The molecule has 2 aromatic carbocycles. The van der Waals surface area contributed by atoms with Gasteiger partial charge in [-0.05, 0) is 44.7 Å². The second-order valence-corrected chi connectivity index (χ2v) is 22.8. The summed E-state index contributed by atoms with van der Waals surface area (Å²) in [7, 11) is -11.2. The fourth-order valence-electron chi connectivity index (χ4n) is 4.92. The van der Waals surface area contributed by atoms with E-state index < -0.39 is 31.3 Å². The minimum absolute atomic E-state index is 0. The number of hydrogen-bond donors (Lipinski definition) is 2. The Bertz CT molecular complexity index is 1380. The summed E-state index contributed by atoms with van der Waals surface area (Å²) in [6.45, 7) is 37.2. The van der Waals surface area contributed by atoms with Crippen molar-refractivity contribution in [3.63, 3.8) is 0 Å². The van der Waals surface area contributed by atoms with Crippen molar-refractivity contribution in [3.8, 4) is 0 Å². The smallest absolute Gasteiger partial charge is 0 e. The molecule has 4 N–H and O–H groups in total. The summed E-state index contributed by atoms with van der Waals surface area (Å²) < 4.78 is 130. The molecule has 0 spiro atoms. The summed E-state index contributed by atoms with van der Waals surface area (Å²) in [5.74, 6) is 0. The largest absolute Gasteiger partial charge is 0.698 e. The first-order chi connectivity index (χ1) is 23.2. The third-order valence-corrected chi connectivity index (χ3v) is 14.4. The molecule has 2 radical (unpaired) electrons. The molecule has 0 aromatic heterocycles. The molecule has 0 saturated carbocycles. The van der Waals surface area contributed by atoms with Gasteiger partial charge in [-0.25, -0.2) is 0 Å². The average Bonchev–Trinajstić information content (AvgIpc) is 2.93. The van der Waals surface area contributed by atoms with Crippen LogP contribution in [0.15, 0.2) is 36.4 Å². The quantitative estimate of drug-likeness (QED) is 0.0721. The van der Waals surface area contributed by atoms with Crippen LogP contribution in [0.5, 0.6) is 0 Å². The molecular formula is C32H52F6Ir2N2O8P2S2-2. The van der Waals surface area contributed by atoms with Gasteiger partial charge in [0, 0.05) is 40.2 Å². The predicted molar refractivity (Wildman–Crippen MR) is 200 cm³/mol. The molecule has 0 aliphatic rings. The van der Waals surface area contributed by atoms with Crippen LogP contribution < -0.4 is 0 Å². The van der Waals surface area contributed by atoms with Gasteiger partial charge < -0.3 is 11.5 Å². The van der Waals surface area contributed by atoms with Gasteiger partial charge >= 0.3 is 53.9 Å². The Morgan fingerprint density at radius 2 is 0.704 bits per heavy atom. The molecule has 0 bridgehead atoms. The first kappa shape index (κ1) is 68.0. The fourth-order valence-corrected chi connectivity index (χ4v) is 12.1. The number of nitrogens with one attached hydrogen (secondary N) is 2. The minimum atomic E-state index is -5.84. The average molecular weight is 1220 g/mol. The van der Waals surface area contributed by atoms with Crippen LogP contribution in [-0.2, 0) is 69.8 Å². The van der Waals surface area contributed by atoms with Gasteiger partial charge in [-0.2, -0.15) is 43.2 Å². The minimum Gasteiger partial charge on any atom is -0.698 e. The predicted octanol–water partition coefficient (Wildman–Crippen LogP) is 12.3. The Hall–Kier alpha value is -0.661. The summed E-state index contributed by atoms with van der Waals surface area (Å²) in [6, 6.07) is 10.9. The summed E-state index contributed by atoms with van der Waals surface area (Å²) in [4.78, 5) is 0. The first-order valence-electron chi connectivity index (χ1n) is 15.2. The maximum Gasteiger partial charge on any atom is 0 e. The van der Waals surface area contributed by atoms with Crippen molar-refractivity contribution in [1.82, 2.24) is 0 Å². The second kappa shape index (κ2) is 32.3. The van der Waals surface area contributed by atoms with Gasteiger partial charge in [-0.15, -0.1) is 11.4 Å². The number of alkyl halides is 6. The monoisotopic (exact) mass is 1220 g/mol. The van der Waals surface area contributed by atoms with Crippen LogP contribution in [0.1, 0.15) is 83.1 Å². The molecule has 22 heteroatoms. The van der Waals surface area contributed by atoms with Crippen molar-refractivity contribution in [2.24, 2.45) is 0 Å². The SMILES string of the molecule is CC(C)P(C(C)C)C(C)C.CC(C)P(C(C)C)C(C)C.O=S(=O)(O)C(F)(F)F.O=S(=O)(O)C(F)(F)F.[C-]#[O+].[C-]#[O+].[Ir].[Ir].[NH-]c1cccc2cccc([NH-])c12. The van der Waals surface area contributed by atoms with Crippen LogP contribution in [0.3, 0.4) is 0 Å². The van der Waals surface area contributed by atoms with Crippen LogP contribution in [0.25, 0.3) is 22.2 Å². The number of halogens is 6. The number of rotatable bonds is 6. The van der Waals surface area contributed by atoms with Crippen LogP contribution in [-0.4, -0.2) is 70.9 Å². The van der Waals surface area contributed by atoms with E-state index in [0.29, 0.717) is 11.4 Å². The molecule has 54 heavy (non-hydrogen) atoms. The van der Waals surface area contributed by atoms with E-state index in [1.54, 1.807) is 12.1 Å². The van der Waals surface area contributed by atoms with Gasteiger partial charge in [0.05, 0.1) is 0 Å². The van der Waals surface area contributed by atoms with Gasteiger partial charge in [0.25, 0.3) is 0 Å². The van der Waals surface area contributed by atoms with Crippen LogP contribution in [0.4, 0.5) is 37.7 Å². The first-order valence-corrected chi connectivity index (χ1v) is 21.2. The third kappa shape index (κ3) is 30.5. The Balaban J connectivity index is -0.0000000998. The number of benzene rings is 2. The second-order valence-electron chi connectivity index (χ2n) is 12.0. The molecule has 0 atom stereocenters. The van der Waals surface area contributed by atoms with Crippen LogP contribution in [0.2, 0.25) is 0 Å². The summed E-state index contributed by atoms with van der Waals surface area (Å²) in [5.41, 5.74) is 10.3. The van der Waals surface area contributed by atoms with Crippen LogP contribution in [0, 0.1) is 13.3 Å². The molecular weight excluding hydrogens is 1160 g/mol. The van der Waals surface area contributed by atoms with E-state index in [1.807, 2.05) is 24.3 Å². The molecule has 0 heterocycles. The van der Waals surface area contributed by atoms with Gasteiger partial charge in [-0.3, -0.25) is 9.11 Å². The summed E-state index contributed by atoms with van der Waals surface area (Å²) in [6.07, 6.45) is 0. The molecule has 2 aromatic rings. The molecule has 0 fully saturated rings. The van der Waals surface area contributed by atoms with E-state index in [1.165, 1.54) is 0 Å². The zero-order valence-electron chi connectivity index (χ0n) is 31.9. The van der Waals surface area contributed by atoms with Crippen molar-refractivity contribution >= 4 is 58.2 Å². The number of fused-ring (bicyclic) bond motifs is 1. The van der Waals surface area contributed by atoms with Crippen molar-refractivity contribution in [3.05, 3.63) is 61.2 Å². The molecule has 0 unspecified atom stereocenters. The third-order valence-electron chi connectivity index (χ3n) is 6.07. The van der Waals surface area contributed by atoms with E-state index in [9.17, 15) is 26.3 Å². The van der Waals surface area contributed by atoms with E-state index in [0.717, 1.165) is 44.7 Å². The Kier molecular flexibility index (Phi) is 40.7. The van der Waals surface area contributed by atoms with Crippen molar-refractivity contribution in [2.75, 3.05) is 0 Å². The van der Waals surface area contributed by atoms with Crippen molar-refractivity contribution in [2.45, 2.75) is 128 Å². The zero-order valence-corrected chi connectivity index (χ0v) is 40.1. The molecule has 0 amide bonds. The van der Waals surface area contributed by atoms with E-state index in [2.05, 4.69) is 96.4 Å². The molecule has 10 nitrogen and oxygen atoms in total. The molecule has 0 aliphatic carbocycles. The van der Waals surface area contributed by atoms with Crippen molar-refractivity contribution < 1.29 is 102 Å². The van der Waals surface area contributed by atoms with Gasteiger partial charge in [-0.1, -0.05) is 135 Å². The number of hydrogen-bond acceptors (Lipinski definition) is 4. The molecule has 0 aliphatic heterocycles. The van der Waals surface area contributed by atoms with E-state index >= 15 is 0 Å². The molecule has 322 valence electrons. The zero-order chi connectivity index (χ0) is 43.2. The maximum absolute atomic E-state index is 10.7. The van der Waals surface area contributed by atoms with Crippen molar-refractivity contribution in [1.29, 1.82) is 0 Å². The maximum atomic E-state index is 10.7. The summed E-state index contributed by atoms with van der Waals surface area (Å²) >= 11 is 0. The van der Waals surface area contributed by atoms with Crippen LogP contribution >= 0.6 is 15.8 Å². The topological polar surface area (TPSA) is 196 Å². The molecule has 0 saturated heterocycles. The molecule has 2 rings (SSSR count). The van der Waals surface area contributed by atoms with Gasteiger partial charge in [0.15, 0.2) is 0 Å². The Morgan fingerprint density at radius 1 is 0.537 bits per heavy atom. The van der Waals surface area contributed by atoms with Gasteiger partial charge in [0.2, 0.25) is 0 Å². The van der Waals surface area contributed by atoms with E-state index in [-0.39, 0.29) is 56.1 Å². The standard InChI is InChI=1S/C10H8N2.2C9H21P.2CHF3O3S.2CO.2Ir/c11-8-5-1-3-7-4-2-6-9(12)10(7)8;2*1-7(2)10(8(3)4)9(5)6;2*2-1(3,4)8(5,6)7;2*1-2;;/h1-6,11-12H;2*7-9H,1-6H3;2*(H,5,6,7);;;;/q-2;;;;;;;;. The Labute approximate surface area is 347 Å².